The lowest BCUT2D eigenvalue weighted by Crippen LogP contribution is -2.34. The summed E-state index contributed by atoms with van der Waals surface area (Å²) in [6, 6.07) is 8.33. The van der Waals surface area contributed by atoms with E-state index < -0.39 is 0 Å². The Balaban J connectivity index is 1.86. The van der Waals surface area contributed by atoms with Gasteiger partial charge in [0.1, 0.15) is 0 Å². The van der Waals surface area contributed by atoms with Gasteiger partial charge in [0, 0.05) is 25.3 Å². The molecule has 0 spiro atoms. The van der Waals surface area contributed by atoms with Crippen molar-refractivity contribution in [2.45, 2.75) is 38.6 Å². The van der Waals surface area contributed by atoms with E-state index in [1.807, 2.05) is 38.4 Å². The van der Waals surface area contributed by atoms with Gasteiger partial charge in [0.2, 0.25) is 0 Å². The summed E-state index contributed by atoms with van der Waals surface area (Å²) in [5, 5.41) is 6.17. The van der Waals surface area contributed by atoms with Gasteiger partial charge in [-0.05, 0) is 50.4 Å². The first-order valence-corrected chi connectivity index (χ1v) is 7.89. The summed E-state index contributed by atoms with van der Waals surface area (Å²) in [6.07, 6.45) is 5.14. The van der Waals surface area contributed by atoms with Gasteiger partial charge in [0.25, 0.3) is 0 Å². The number of hydrogen-bond donors (Lipinski definition) is 2. The zero-order valence-electron chi connectivity index (χ0n) is 13.4. The number of carbonyl (C=O) groups is 1. The van der Waals surface area contributed by atoms with Crippen LogP contribution in [0.5, 0.6) is 0 Å². The molecule has 4 heteroatoms. The van der Waals surface area contributed by atoms with E-state index in [1.165, 1.54) is 31.2 Å². The second-order valence-corrected chi connectivity index (χ2v) is 6.09. The summed E-state index contributed by atoms with van der Waals surface area (Å²) in [5.74, 6) is 0.680. The molecule has 4 nitrogen and oxygen atoms in total. The molecule has 1 aromatic carbocycles. The average Bonchev–Trinajstić information content (AvgIpc) is 3.00. The summed E-state index contributed by atoms with van der Waals surface area (Å²) >= 11 is 0. The molecule has 116 valence electrons. The average molecular weight is 289 g/mol. The number of nitrogens with zero attached hydrogens (tertiary/aromatic N) is 1. The van der Waals surface area contributed by atoms with Crippen LogP contribution in [0.2, 0.25) is 0 Å². The van der Waals surface area contributed by atoms with Crippen molar-refractivity contribution in [2.24, 2.45) is 5.92 Å². The van der Waals surface area contributed by atoms with Crippen LogP contribution in [-0.4, -0.2) is 31.6 Å². The van der Waals surface area contributed by atoms with Crippen LogP contribution >= 0.6 is 0 Å². The van der Waals surface area contributed by atoms with Crippen molar-refractivity contribution >= 4 is 11.7 Å². The van der Waals surface area contributed by atoms with E-state index in [1.54, 1.807) is 4.90 Å². The van der Waals surface area contributed by atoms with Crippen LogP contribution in [0.15, 0.2) is 24.3 Å². The minimum atomic E-state index is -0.0173. The second kappa shape index (κ2) is 7.46. The van der Waals surface area contributed by atoms with E-state index in [0.29, 0.717) is 12.0 Å². The predicted molar refractivity (Wildman–Crippen MR) is 87.5 cm³/mol. The van der Waals surface area contributed by atoms with Gasteiger partial charge in [-0.1, -0.05) is 25.0 Å². The largest absolute Gasteiger partial charge is 0.327 e. The van der Waals surface area contributed by atoms with Crippen LogP contribution in [0.25, 0.3) is 0 Å². The summed E-state index contributed by atoms with van der Waals surface area (Å²) in [5.41, 5.74) is 2.07. The van der Waals surface area contributed by atoms with Crippen molar-refractivity contribution in [2.75, 3.05) is 26.0 Å². The van der Waals surface area contributed by atoms with Crippen LogP contribution in [-0.2, 0) is 0 Å². The van der Waals surface area contributed by atoms with Gasteiger partial charge in [-0.15, -0.1) is 0 Å². The van der Waals surface area contributed by atoms with Crippen molar-refractivity contribution < 1.29 is 4.79 Å². The van der Waals surface area contributed by atoms with Crippen LogP contribution < -0.4 is 10.6 Å². The highest BCUT2D eigenvalue weighted by Crippen LogP contribution is 2.25. The summed E-state index contributed by atoms with van der Waals surface area (Å²) in [6.45, 7) is 2.98. The molecule has 0 radical (unpaired) electrons. The number of urea groups is 1. The minimum Gasteiger partial charge on any atom is -0.327 e. The lowest BCUT2D eigenvalue weighted by atomic mass is 10.1. The first-order chi connectivity index (χ1) is 10.1. The Morgan fingerprint density at radius 3 is 2.48 bits per heavy atom. The molecule has 0 saturated heterocycles. The number of nitrogens with one attached hydrogen (secondary N) is 2. The molecule has 1 atom stereocenters. The van der Waals surface area contributed by atoms with Crippen molar-refractivity contribution in [3.05, 3.63) is 29.8 Å². The number of benzene rings is 1. The third kappa shape index (κ3) is 4.46. The van der Waals surface area contributed by atoms with E-state index in [2.05, 4.69) is 17.6 Å². The molecule has 1 aliphatic carbocycles. The van der Waals surface area contributed by atoms with Crippen LogP contribution in [0.4, 0.5) is 10.5 Å². The molecule has 0 heterocycles. The van der Waals surface area contributed by atoms with Crippen molar-refractivity contribution in [3.63, 3.8) is 0 Å². The molecule has 0 aliphatic heterocycles. The maximum absolute atomic E-state index is 12.2. The zero-order valence-corrected chi connectivity index (χ0v) is 13.4. The molecule has 2 rings (SSSR count). The Morgan fingerprint density at radius 1 is 1.29 bits per heavy atom. The van der Waals surface area contributed by atoms with Gasteiger partial charge < -0.3 is 15.5 Å². The van der Waals surface area contributed by atoms with Crippen molar-refractivity contribution in [1.82, 2.24) is 10.2 Å². The first-order valence-electron chi connectivity index (χ1n) is 7.89. The standard InChI is InChI=1S/C17H27N3O/c1-13(18-2)15-8-10-16(11-9-15)19-17(21)20(3)12-14-6-4-5-7-14/h8-11,13-14,18H,4-7,12H2,1-3H3,(H,19,21). The second-order valence-electron chi connectivity index (χ2n) is 6.09. The van der Waals surface area contributed by atoms with Crippen LogP contribution in [0.3, 0.4) is 0 Å². The normalized spacial score (nSPS) is 16.7. The number of carbonyl (C=O) groups excluding carboxylic acids is 1. The third-order valence-electron chi connectivity index (χ3n) is 4.45. The number of anilines is 1. The SMILES string of the molecule is CNC(C)c1ccc(NC(=O)N(C)CC2CCCC2)cc1. The summed E-state index contributed by atoms with van der Waals surface area (Å²) < 4.78 is 0. The molecule has 1 fully saturated rings. The Labute approximate surface area is 127 Å². The highest BCUT2D eigenvalue weighted by Gasteiger charge is 2.19. The fourth-order valence-electron chi connectivity index (χ4n) is 2.90. The van der Waals surface area contributed by atoms with E-state index in [-0.39, 0.29) is 6.03 Å². The molecule has 1 aromatic rings. The Hall–Kier alpha value is -1.55. The Morgan fingerprint density at radius 2 is 1.90 bits per heavy atom. The molecule has 2 amide bonds. The molecule has 2 N–H and O–H groups in total. The van der Waals surface area contributed by atoms with Gasteiger partial charge in [-0.3, -0.25) is 0 Å². The van der Waals surface area contributed by atoms with Gasteiger partial charge in [-0.25, -0.2) is 4.79 Å². The van der Waals surface area contributed by atoms with E-state index in [0.717, 1.165) is 12.2 Å². The topological polar surface area (TPSA) is 44.4 Å². The Kier molecular flexibility index (Phi) is 5.62. The van der Waals surface area contributed by atoms with Gasteiger partial charge >= 0.3 is 6.03 Å². The molecule has 1 saturated carbocycles. The maximum Gasteiger partial charge on any atom is 0.321 e. The predicted octanol–water partition coefficient (Wildman–Crippen LogP) is 3.62. The van der Waals surface area contributed by atoms with Crippen LogP contribution in [0.1, 0.15) is 44.2 Å². The molecular formula is C17H27N3O. The summed E-state index contributed by atoms with van der Waals surface area (Å²) in [4.78, 5) is 14.0. The lowest BCUT2D eigenvalue weighted by molar-refractivity contribution is 0.214. The van der Waals surface area contributed by atoms with Crippen molar-refractivity contribution in [3.8, 4) is 0 Å². The third-order valence-corrected chi connectivity index (χ3v) is 4.45. The fourth-order valence-corrected chi connectivity index (χ4v) is 2.90. The van der Waals surface area contributed by atoms with E-state index in [9.17, 15) is 4.79 Å². The molecule has 21 heavy (non-hydrogen) atoms. The number of rotatable bonds is 5. The zero-order chi connectivity index (χ0) is 15.2. The minimum absolute atomic E-state index is 0.0173. The molecule has 0 bridgehead atoms. The van der Waals surface area contributed by atoms with Crippen molar-refractivity contribution in [1.29, 1.82) is 0 Å². The van der Waals surface area contributed by atoms with Crippen LogP contribution in [0, 0.1) is 5.92 Å². The fraction of sp³-hybridized carbons (Fsp3) is 0.588. The monoisotopic (exact) mass is 289 g/mol. The van der Waals surface area contributed by atoms with Gasteiger partial charge in [0.15, 0.2) is 0 Å². The van der Waals surface area contributed by atoms with E-state index >= 15 is 0 Å². The lowest BCUT2D eigenvalue weighted by Gasteiger charge is -2.21. The van der Waals surface area contributed by atoms with Gasteiger partial charge in [-0.2, -0.15) is 0 Å². The van der Waals surface area contributed by atoms with Gasteiger partial charge in [0.05, 0.1) is 0 Å². The highest BCUT2D eigenvalue weighted by atomic mass is 16.2. The quantitative estimate of drug-likeness (QED) is 0.869. The first kappa shape index (κ1) is 15.8. The number of hydrogen-bond acceptors (Lipinski definition) is 2. The Bertz CT molecular complexity index is 452. The maximum atomic E-state index is 12.2. The molecule has 1 unspecified atom stereocenters. The molecule has 1 aliphatic rings. The number of amides is 2. The summed E-state index contributed by atoms with van der Waals surface area (Å²) in [7, 11) is 3.82. The molecular weight excluding hydrogens is 262 g/mol. The smallest absolute Gasteiger partial charge is 0.321 e. The van der Waals surface area contributed by atoms with E-state index in [4.69, 9.17) is 0 Å². The molecule has 0 aromatic heterocycles. The highest BCUT2D eigenvalue weighted by molar-refractivity contribution is 5.89.